The number of sulfonamides is 1. The van der Waals surface area contributed by atoms with Crippen molar-refractivity contribution in [3.05, 3.63) is 58.0 Å². The first-order valence-electron chi connectivity index (χ1n) is 7.70. The minimum Gasteiger partial charge on any atom is -0.268 e. The third-order valence-corrected chi connectivity index (χ3v) is 5.49. The molecule has 0 atom stereocenters. The second-order valence-electron chi connectivity index (χ2n) is 5.62. The van der Waals surface area contributed by atoms with Crippen LogP contribution in [0.3, 0.4) is 0 Å². The van der Waals surface area contributed by atoms with Crippen LogP contribution in [0.15, 0.2) is 46.2 Å². The maximum Gasteiger partial charge on any atom is 0.266 e. The van der Waals surface area contributed by atoms with Crippen LogP contribution in [0.4, 0.5) is 0 Å². The predicted molar refractivity (Wildman–Crippen MR) is 86.8 cm³/mol. The molecule has 0 amide bonds. The predicted octanol–water partition coefficient (Wildman–Crippen LogP) is 1.10. The smallest absolute Gasteiger partial charge is 0.266 e. The van der Waals surface area contributed by atoms with E-state index in [2.05, 4.69) is 9.82 Å². The highest BCUT2D eigenvalue weighted by molar-refractivity contribution is 7.89. The molecule has 0 radical (unpaired) electrons. The average molecular weight is 333 g/mol. The van der Waals surface area contributed by atoms with Crippen molar-refractivity contribution in [3.63, 3.8) is 0 Å². The third kappa shape index (κ3) is 3.68. The van der Waals surface area contributed by atoms with Gasteiger partial charge in [-0.15, -0.1) is 0 Å². The number of hydrogen-bond donors (Lipinski definition) is 1. The quantitative estimate of drug-likeness (QED) is 0.888. The van der Waals surface area contributed by atoms with E-state index < -0.39 is 10.0 Å². The van der Waals surface area contributed by atoms with Gasteiger partial charge in [-0.3, -0.25) is 4.79 Å². The highest BCUT2D eigenvalue weighted by Gasteiger charge is 2.17. The number of nitrogens with zero attached hydrogens (tertiary/aromatic N) is 2. The Hall–Kier alpha value is -1.99. The summed E-state index contributed by atoms with van der Waals surface area (Å²) in [5.41, 5.74) is 2.12. The molecule has 1 aliphatic rings. The molecule has 0 unspecified atom stereocenters. The second kappa shape index (κ2) is 6.64. The first-order valence-corrected chi connectivity index (χ1v) is 9.18. The van der Waals surface area contributed by atoms with Crippen molar-refractivity contribution < 1.29 is 8.42 Å². The largest absolute Gasteiger partial charge is 0.268 e. The fourth-order valence-electron chi connectivity index (χ4n) is 2.80. The van der Waals surface area contributed by atoms with Gasteiger partial charge in [0, 0.05) is 18.8 Å². The van der Waals surface area contributed by atoms with Crippen LogP contribution in [-0.2, 0) is 29.4 Å². The zero-order valence-electron chi connectivity index (χ0n) is 12.7. The van der Waals surface area contributed by atoms with Crippen LogP contribution in [0.1, 0.15) is 24.0 Å². The lowest BCUT2D eigenvalue weighted by molar-refractivity contribution is 0.547. The van der Waals surface area contributed by atoms with E-state index in [0.717, 1.165) is 31.2 Å². The summed E-state index contributed by atoms with van der Waals surface area (Å²) in [6, 6.07) is 8.27. The molecule has 0 spiro atoms. The maximum absolute atomic E-state index is 12.4. The standard InChI is InChI=1S/C16H19N3O3S/c20-16-6-3-9-17-19(16)11-10-18-23(21,22)15-8-7-13-4-1-2-5-14(13)12-15/h3,6-9,12,18H,1-2,4-5,10-11H2. The van der Waals surface area contributed by atoms with E-state index >= 15 is 0 Å². The van der Waals surface area contributed by atoms with E-state index in [0.29, 0.717) is 0 Å². The SMILES string of the molecule is O=c1cccnn1CCNS(=O)(=O)c1ccc2c(c1)CCCC2. The van der Waals surface area contributed by atoms with Gasteiger partial charge in [0.2, 0.25) is 10.0 Å². The van der Waals surface area contributed by atoms with E-state index in [4.69, 9.17) is 0 Å². The van der Waals surface area contributed by atoms with Crippen LogP contribution in [0, 0.1) is 0 Å². The summed E-state index contributed by atoms with van der Waals surface area (Å²) < 4.78 is 28.5. The Balaban J connectivity index is 1.69. The Bertz CT molecular complexity index is 859. The number of aryl methyl sites for hydroxylation is 2. The Morgan fingerprint density at radius 2 is 1.91 bits per heavy atom. The van der Waals surface area contributed by atoms with Crippen molar-refractivity contribution in [2.24, 2.45) is 0 Å². The molecule has 0 saturated carbocycles. The number of rotatable bonds is 5. The summed E-state index contributed by atoms with van der Waals surface area (Å²) in [5, 5.41) is 3.90. The molecule has 3 rings (SSSR count). The summed E-state index contributed by atoms with van der Waals surface area (Å²) in [5.74, 6) is 0. The summed E-state index contributed by atoms with van der Waals surface area (Å²) in [6.07, 6.45) is 5.72. The Kier molecular flexibility index (Phi) is 4.58. The minimum absolute atomic E-state index is 0.121. The molecule has 122 valence electrons. The van der Waals surface area contributed by atoms with E-state index in [1.807, 2.05) is 6.07 Å². The first-order chi connectivity index (χ1) is 11.1. The topological polar surface area (TPSA) is 81.1 Å². The number of hydrogen-bond acceptors (Lipinski definition) is 4. The Labute approximate surface area is 135 Å². The lowest BCUT2D eigenvalue weighted by Gasteiger charge is -2.16. The summed E-state index contributed by atoms with van der Waals surface area (Å²) in [4.78, 5) is 11.8. The van der Waals surface area contributed by atoms with E-state index in [9.17, 15) is 13.2 Å². The molecule has 0 fully saturated rings. The summed E-state index contributed by atoms with van der Waals surface area (Å²) >= 11 is 0. The molecule has 2 aromatic rings. The minimum atomic E-state index is -3.57. The van der Waals surface area contributed by atoms with Gasteiger partial charge in [-0.2, -0.15) is 5.10 Å². The number of fused-ring (bicyclic) bond motifs is 1. The van der Waals surface area contributed by atoms with Crippen LogP contribution in [-0.4, -0.2) is 24.7 Å². The molecular formula is C16H19N3O3S. The first kappa shape index (κ1) is 15.9. The van der Waals surface area contributed by atoms with Crippen LogP contribution in [0.5, 0.6) is 0 Å². The van der Waals surface area contributed by atoms with Crippen molar-refractivity contribution in [3.8, 4) is 0 Å². The molecule has 23 heavy (non-hydrogen) atoms. The number of aromatic nitrogens is 2. The molecule has 1 aromatic carbocycles. The molecule has 1 aliphatic carbocycles. The van der Waals surface area contributed by atoms with Gasteiger partial charge in [-0.1, -0.05) is 6.07 Å². The molecule has 1 aromatic heterocycles. The maximum atomic E-state index is 12.4. The van der Waals surface area contributed by atoms with Crippen molar-refractivity contribution in [2.75, 3.05) is 6.54 Å². The van der Waals surface area contributed by atoms with E-state index in [-0.39, 0.29) is 23.5 Å². The second-order valence-corrected chi connectivity index (χ2v) is 7.39. The van der Waals surface area contributed by atoms with E-state index in [1.54, 1.807) is 18.2 Å². The molecule has 1 N–H and O–H groups in total. The Morgan fingerprint density at radius 1 is 1.13 bits per heavy atom. The zero-order chi connectivity index (χ0) is 16.3. The van der Waals surface area contributed by atoms with Crippen LogP contribution >= 0.6 is 0 Å². The lowest BCUT2D eigenvalue weighted by Crippen LogP contribution is -2.31. The molecule has 7 heteroatoms. The molecule has 0 saturated heterocycles. The van der Waals surface area contributed by atoms with E-state index in [1.165, 1.54) is 22.5 Å². The molecule has 0 aliphatic heterocycles. The van der Waals surface area contributed by atoms with Gasteiger partial charge in [-0.25, -0.2) is 17.8 Å². The van der Waals surface area contributed by atoms with Crippen molar-refractivity contribution in [2.45, 2.75) is 37.1 Å². The van der Waals surface area contributed by atoms with Crippen LogP contribution < -0.4 is 10.3 Å². The third-order valence-electron chi connectivity index (χ3n) is 4.03. The van der Waals surface area contributed by atoms with Crippen molar-refractivity contribution >= 4 is 10.0 Å². The van der Waals surface area contributed by atoms with Gasteiger partial charge in [0.05, 0.1) is 11.4 Å². The highest BCUT2D eigenvalue weighted by atomic mass is 32.2. The van der Waals surface area contributed by atoms with Gasteiger partial charge in [0.25, 0.3) is 5.56 Å². The van der Waals surface area contributed by atoms with Gasteiger partial charge < -0.3 is 0 Å². The normalized spacial score (nSPS) is 14.4. The fraction of sp³-hybridized carbons (Fsp3) is 0.375. The molecular weight excluding hydrogens is 314 g/mol. The van der Waals surface area contributed by atoms with Gasteiger partial charge in [-0.05, 0) is 55.0 Å². The molecule has 1 heterocycles. The Morgan fingerprint density at radius 3 is 2.70 bits per heavy atom. The summed E-state index contributed by atoms with van der Waals surface area (Å²) in [7, 11) is -3.57. The molecule has 6 nitrogen and oxygen atoms in total. The summed E-state index contributed by atoms with van der Waals surface area (Å²) in [6.45, 7) is 0.320. The van der Waals surface area contributed by atoms with Crippen LogP contribution in [0.2, 0.25) is 0 Å². The van der Waals surface area contributed by atoms with Crippen LogP contribution in [0.25, 0.3) is 0 Å². The zero-order valence-corrected chi connectivity index (χ0v) is 13.6. The highest BCUT2D eigenvalue weighted by Crippen LogP contribution is 2.23. The van der Waals surface area contributed by atoms with Crippen molar-refractivity contribution in [1.82, 2.24) is 14.5 Å². The van der Waals surface area contributed by atoms with Gasteiger partial charge in [0.1, 0.15) is 0 Å². The fourth-order valence-corrected chi connectivity index (χ4v) is 3.87. The number of nitrogens with one attached hydrogen (secondary N) is 1. The molecule has 0 bridgehead atoms. The monoisotopic (exact) mass is 333 g/mol. The van der Waals surface area contributed by atoms with Gasteiger partial charge in [0.15, 0.2) is 0 Å². The van der Waals surface area contributed by atoms with Gasteiger partial charge >= 0.3 is 0 Å². The number of benzene rings is 1. The average Bonchev–Trinajstić information content (AvgIpc) is 2.56. The lowest BCUT2D eigenvalue weighted by atomic mass is 9.92. The van der Waals surface area contributed by atoms with Crippen molar-refractivity contribution in [1.29, 1.82) is 0 Å².